The van der Waals surface area contributed by atoms with Gasteiger partial charge >= 0.3 is 0 Å². The largest absolute Gasteiger partial charge is 0.504 e. The molecule has 0 bridgehead atoms. The summed E-state index contributed by atoms with van der Waals surface area (Å²) in [7, 11) is 0. The summed E-state index contributed by atoms with van der Waals surface area (Å²) in [6.07, 6.45) is 2.06. The number of fused-ring (bicyclic) bond motifs is 7. The van der Waals surface area contributed by atoms with Gasteiger partial charge in [0.1, 0.15) is 11.2 Å². The molecule has 0 unspecified atom stereocenters. The van der Waals surface area contributed by atoms with Gasteiger partial charge in [0.05, 0.1) is 5.52 Å². The molecule has 4 aromatic rings. The topological polar surface area (TPSA) is 57.8 Å². The Hall–Kier alpha value is -2.75. The zero-order valence-electron chi connectivity index (χ0n) is 20.7. The Balaban J connectivity index is 1.98. The van der Waals surface area contributed by atoms with Gasteiger partial charge in [-0.25, -0.2) is 4.98 Å². The predicted molar refractivity (Wildman–Crippen MR) is 132 cm³/mol. The zero-order valence-corrected chi connectivity index (χ0v) is 20.7. The maximum Gasteiger partial charge on any atom is 0.186 e. The smallest absolute Gasteiger partial charge is 0.186 e. The third kappa shape index (κ3) is 2.26. The van der Waals surface area contributed by atoms with Gasteiger partial charge in [0.2, 0.25) is 0 Å². The van der Waals surface area contributed by atoms with E-state index >= 15 is 0 Å². The van der Waals surface area contributed by atoms with E-state index in [-0.39, 0.29) is 33.2 Å². The van der Waals surface area contributed by atoms with Crippen LogP contribution in [0.2, 0.25) is 0 Å². The van der Waals surface area contributed by atoms with Crippen molar-refractivity contribution in [2.24, 2.45) is 5.41 Å². The van der Waals surface area contributed by atoms with E-state index in [0.29, 0.717) is 5.52 Å². The summed E-state index contributed by atoms with van der Waals surface area (Å²) < 4.78 is 2.10. The lowest BCUT2D eigenvalue weighted by molar-refractivity contribution is 0.124. The van der Waals surface area contributed by atoms with Crippen molar-refractivity contribution in [2.45, 2.75) is 78.6 Å². The average molecular weight is 431 g/mol. The molecule has 0 spiro atoms. The summed E-state index contributed by atoms with van der Waals surface area (Å²) in [6, 6.07) is 8.66. The van der Waals surface area contributed by atoms with Gasteiger partial charge in [0.25, 0.3) is 0 Å². The Morgan fingerprint density at radius 3 is 2.09 bits per heavy atom. The van der Waals surface area contributed by atoms with Gasteiger partial charge < -0.3 is 10.2 Å². The van der Waals surface area contributed by atoms with E-state index in [9.17, 15) is 10.2 Å². The monoisotopic (exact) mass is 430 g/mol. The molecule has 4 heteroatoms. The summed E-state index contributed by atoms with van der Waals surface area (Å²) >= 11 is 0. The number of aromatic nitrogens is 2. The molecule has 1 aliphatic rings. The van der Waals surface area contributed by atoms with E-state index in [1.807, 2.05) is 0 Å². The van der Waals surface area contributed by atoms with E-state index in [0.717, 1.165) is 33.1 Å². The van der Waals surface area contributed by atoms with E-state index in [2.05, 4.69) is 97.2 Å². The van der Waals surface area contributed by atoms with Crippen molar-refractivity contribution < 1.29 is 10.2 Å². The number of imidazole rings is 1. The molecule has 0 amide bonds. The molecule has 0 atom stereocenters. The molecule has 4 nitrogen and oxygen atoms in total. The van der Waals surface area contributed by atoms with Gasteiger partial charge in [-0.2, -0.15) is 0 Å². The Kier molecular flexibility index (Phi) is 3.81. The summed E-state index contributed by atoms with van der Waals surface area (Å²) in [5, 5.41) is 24.4. The van der Waals surface area contributed by atoms with Gasteiger partial charge in [0.15, 0.2) is 11.5 Å². The fourth-order valence-electron chi connectivity index (χ4n) is 5.79. The highest BCUT2D eigenvalue weighted by atomic mass is 16.3. The zero-order chi connectivity index (χ0) is 23.6. The van der Waals surface area contributed by atoms with Crippen LogP contribution in [0.5, 0.6) is 11.5 Å². The summed E-state index contributed by atoms with van der Waals surface area (Å²) in [6.45, 7) is 20.0. The second-order valence-corrected chi connectivity index (χ2v) is 12.2. The van der Waals surface area contributed by atoms with Crippen LogP contribution < -0.4 is 0 Å². The fraction of sp³-hybridized carbons (Fsp3) is 0.464. The highest BCUT2D eigenvalue weighted by molar-refractivity contribution is 6.02. The van der Waals surface area contributed by atoms with Crippen LogP contribution in [0.4, 0.5) is 0 Å². The molecule has 168 valence electrons. The summed E-state index contributed by atoms with van der Waals surface area (Å²) in [5.74, 6) is -0.151. The maximum absolute atomic E-state index is 11.2. The van der Waals surface area contributed by atoms with Crippen molar-refractivity contribution in [3.05, 3.63) is 47.2 Å². The van der Waals surface area contributed by atoms with E-state index < -0.39 is 0 Å². The minimum absolute atomic E-state index is 0.0288. The van der Waals surface area contributed by atoms with Crippen molar-refractivity contribution in [2.75, 3.05) is 0 Å². The minimum Gasteiger partial charge on any atom is -0.504 e. The van der Waals surface area contributed by atoms with Crippen molar-refractivity contribution in [3.63, 3.8) is 0 Å². The Labute approximate surface area is 189 Å². The first-order valence-corrected chi connectivity index (χ1v) is 11.5. The first-order chi connectivity index (χ1) is 14.6. The van der Waals surface area contributed by atoms with Crippen LogP contribution in [0.1, 0.15) is 79.0 Å². The van der Waals surface area contributed by atoms with Crippen LogP contribution in [0.3, 0.4) is 0 Å². The molecule has 32 heavy (non-hydrogen) atoms. The first kappa shape index (κ1) is 21.1. The molecule has 0 saturated heterocycles. The summed E-state index contributed by atoms with van der Waals surface area (Å²) in [4.78, 5) is 4.89. The van der Waals surface area contributed by atoms with Crippen LogP contribution >= 0.6 is 0 Å². The number of rotatable bonds is 0. The number of nitrogens with zero attached hydrogens (tertiary/aromatic N) is 2. The van der Waals surface area contributed by atoms with Crippen molar-refractivity contribution >= 4 is 27.5 Å². The maximum atomic E-state index is 11.2. The van der Waals surface area contributed by atoms with E-state index in [1.54, 1.807) is 0 Å². The third-order valence-electron chi connectivity index (χ3n) is 9.02. The van der Waals surface area contributed by atoms with Gasteiger partial charge in [-0.1, -0.05) is 80.5 Å². The summed E-state index contributed by atoms with van der Waals surface area (Å²) in [5.41, 5.74) is 4.70. The van der Waals surface area contributed by atoms with E-state index in [1.165, 1.54) is 5.56 Å². The van der Waals surface area contributed by atoms with Crippen molar-refractivity contribution in [3.8, 4) is 11.5 Å². The Bertz CT molecular complexity index is 1450. The van der Waals surface area contributed by atoms with E-state index in [4.69, 9.17) is 4.98 Å². The molecular formula is C28H34N2O2. The molecule has 2 aromatic heterocycles. The lowest BCUT2D eigenvalue weighted by Gasteiger charge is -2.44. The Morgan fingerprint density at radius 2 is 1.47 bits per heavy atom. The number of phenolic OH excluding ortho intramolecular Hbond substituents is 2. The number of phenols is 2. The molecule has 0 aliphatic heterocycles. The molecule has 2 aromatic carbocycles. The fourth-order valence-corrected chi connectivity index (χ4v) is 5.79. The minimum atomic E-state index is -0.329. The number of hydrogen-bond donors (Lipinski definition) is 2. The molecule has 0 fully saturated rings. The molecular weight excluding hydrogens is 396 g/mol. The second kappa shape index (κ2) is 5.78. The standard InChI is InChI=1S/C28H34N2O2/c1-25(2,3)16-10-11-17-15(14-16)12-13-30-21-18-19(22(31)23(32)20(21)29-24(17)30)27(6,7)28(8,9)26(18,4)5/h10-14,31-32H,1-9H3. The SMILES string of the molecule is CC(C)(C)c1ccc2c(ccn3c2nc2c(O)c(O)c4c(c23)C(C)(C)C(C)(C)C4(C)C)c1. The van der Waals surface area contributed by atoms with Crippen LogP contribution in [0.15, 0.2) is 30.5 Å². The lowest BCUT2D eigenvalue weighted by Crippen LogP contribution is -2.42. The third-order valence-corrected chi connectivity index (χ3v) is 9.02. The highest BCUT2D eigenvalue weighted by Gasteiger charge is 2.59. The van der Waals surface area contributed by atoms with Gasteiger partial charge in [0, 0.05) is 17.1 Å². The van der Waals surface area contributed by atoms with Crippen LogP contribution in [-0.4, -0.2) is 19.6 Å². The number of aromatic hydroxyl groups is 2. The van der Waals surface area contributed by atoms with Crippen molar-refractivity contribution in [1.29, 1.82) is 0 Å². The van der Waals surface area contributed by atoms with Gasteiger partial charge in [-0.05, 0) is 44.2 Å². The molecule has 5 rings (SSSR count). The quantitative estimate of drug-likeness (QED) is 0.297. The van der Waals surface area contributed by atoms with Crippen LogP contribution in [-0.2, 0) is 16.2 Å². The number of pyridine rings is 1. The van der Waals surface area contributed by atoms with Gasteiger partial charge in [-0.15, -0.1) is 0 Å². The van der Waals surface area contributed by atoms with Crippen molar-refractivity contribution in [1.82, 2.24) is 9.38 Å². The van der Waals surface area contributed by atoms with Crippen LogP contribution in [0, 0.1) is 5.41 Å². The molecule has 0 radical (unpaired) electrons. The predicted octanol–water partition coefficient (Wildman–Crippen LogP) is 6.94. The second-order valence-electron chi connectivity index (χ2n) is 12.2. The number of benzene rings is 2. The number of hydrogen-bond acceptors (Lipinski definition) is 3. The average Bonchev–Trinajstić information content (AvgIpc) is 3.12. The highest BCUT2D eigenvalue weighted by Crippen LogP contribution is 2.66. The molecule has 2 heterocycles. The molecule has 2 N–H and O–H groups in total. The Morgan fingerprint density at radius 1 is 0.844 bits per heavy atom. The first-order valence-electron chi connectivity index (χ1n) is 11.5. The van der Waals surface area contributed by atoms with Crippen LogP contribution in [0.25, 0.3) is 27.5 Å². The molecule has 0 saturated carbocycles. The van der Waals surface area contributed by atoms with Gasteiger partial charge in [-0.3, -0.25) is 4.40 Å². The lowest BCUT2D eigenvalue weighted by atomic mass is 9.59. The molecule has 1 aliphatic carbocycles. The normalized spacial score (nSPS) is 19.2.